The molecule has 0 saturated carbocycles. The molecule has 0 aliphatic rings. The van der Waals surface area contributed by atoms with Crippen molar-refractivity contribution in [1.82, 2.24) is 0 Å². The molecule has 0 spiro atoms. The average molecular weight is 362 g/mol. The Kier molecular flexibility index (Phi) is 4.66. The molecule has 5 heteroatoms. The summed E-state index contributed by atoms with van der Waals surface area (Å²) in [5.41, 5.74) is 1.29. The van der Waals surface area contributed by atoms with Gasteiger partial charge in [0.15, 0.2) is 0 Å². The molecule has 0 radical (unpaired) electrons. The average Bonchev–Trinajstić information content (AvgIpc) is 2.37. The van der Waals surface area contributed by atoms with Crippen molar-refractivity contribution in [3.63, 3.8) is 0 Å². The lowest BCUT2D eigenvalue weighted by atomic mass is 10.0. The normalized spacial score (nSPS) is 12.3. The minimum Gasteiger partial charge on any atom is -0.496 e. The van der Waals surface area contributed by atoms with Gasteiger partial charge in [0.1, 0.15) is 17.4 Å². The fourth-order valence-electron chi connectivity index (χ4n) is 2.00. The van der Waals surface area contributed by atoms with Crippen LogP contribution in [-0.4, -0.2) is 7.11 Å². The van der Waals surface area contributed by atoms with Gasteiger partial charge >= 0.3 is 0 Å². The lowest BCUT2D eigenvalue weighted by Gasteiger charge is -2.16. The first-order valence-electron chi connectivity index (χ1n) is 5.87. The number of benzene rings is 2. The van der Waals surface area contributed by atoms with Crippen molar-refractivity contribution in [2.45, 2.75) is 12.3 Å². The van der Waals surface area contributed by atoms with Crippen LogP contribution in [0.5, 0.6) is 5.75 Å². The molecular weight excluding hydrogens is 350 g/mol. The molecule has 2 rings (SSSR count). The van der Waals surface area contributed by atoms with Crippen LogP contribution in [0.2, 0.25) is 0 Å². The Morgan fingerprint density at radius 2 is 1.75 bits per heavy atom. The second kappa shape index (κ2) is 6.10. The van der Waals surface area contributed by atoms with E-state index in [9.17, 15) is 8.78 Å². The highest BCUT2D eigenvalue weighted by Gasteiger charge is 2.23. The molecule has 106 valence electrons. The van der Waals surface area contributed by atoms with Gasteiger partial charge in [0.2, 0.25) is 0 Å². The molecule has 0 heterocycles. The Hall–Kier alpha value is -1.13. The van der Waals surface area contributed by atoms with Gasteiger partial charge in [0.25, 0.3) is 0 Å². The molecule has 1 unspecified atom stereocenters. The Labute approximate surface area is 129 Å². The molecule has 0 aromatic heterocycles. The number of aryl methyl sites for hydroxylation is 1. The molecule has 0 aliphatic heterocycles. The van der Waals surface area contributed by atoms with Crippen molar-refractivity contribution in [2.75, 3.05) is 7.11 Å². The van der Waals surface area contributed by atoms with E-state index in [4.69, 9.17) is 16.3 Å². The molecule has 0 saturated heterocycles. The largest absolute Gasteiger partial charge is 0.496 e. The van der Waals surface area contributed by atoms with E-state index in [-0.39, 0.29) is 5.56 Å². The smallest absolute Gasteiger partial charge is 0.132 e. The zero-order valence-corrected chi connectivity index (χ0v) is 13.2. The SMILES string of the molecule is COc1ccc(C)cc1C(Cl)c1c(F)cc(Br)cc1F. The molecule has 0 fully saturated rings. The van der Waals surface area contributed by atoms with Crippen molar-refractivity contribution in [1.29, 1.82) is 0 Å². The quantitative estimate of drug-likeness (QED) is 0.668. The molecule has 2 aromatic rings. The molecule has 20 heavy (non-hydrogen) atoms. The topological polar surface area (TPSA) is 9.23 Å². The lowest BCUT2D eigenvalue weighted by Crippen LogP contribution is -2.03. The summed E-state index contributed by atoms with van der Waals surface area (Å²) in [4.78, 5) is 0. The van der Waals surface area contributed by atoms with Gasteiger partial charge in [-0.25, -0.2) is 8.78 Å². The predicted octanol–water partition coefficient (Wildman–Crippen LogP) is 5.37. The number of ether oxygens (including phenoxy) is 1. The summed E-state index contributed by atoms with van der Waals surface area (Å²) in [6.45, 7) is 1.88. The first kappa shape index (κ1) is 15.3. The maximum atomic E-state index is 14.0. The van der Waals surface area contributed by atoms with Crippen LogP contribution < -0.4 is 4.74 Å². The fourth-order valence-corrected chi connectivity index (χ4v) is 2.78. The summed E-state index contributed by atoms with van der Waals surface area (Å²) in [6, 6.07) is 7.72. The van der Waals surface area contributed by atoms with Crippen LogP contribution >= 0.6 is 27.5 Å². The van der Waals surface area contributed by atoms with Crippen molar-refractivity contribution in [3.05, 3.63) is 63.1 Å². The summed E-state index contributed by atoms with van der Waals surface area (Å²) in [6.07, 6.45) is 0. The number of alkyl halides is 1. The molecule has 2 aromatic carbocycles. The van der Waals surface area contributed by atoms with Gasteiger partial charge in [-0.3, -0.25) is 0 Å². The zero-order chi connectivity index (χ0) is 14.9. The fraction of sp³-hybridized carbons (Fsp3) is 0.200. The van der Waals surface area contributed by atoms with Crippen LogP contribution in [0, 0.1) is 18.6 Å². The van der Waals surface area contributed by atoms with Gasteiger partial charge in [0.05, 0.1) is 12.5 Å². The van der Waals surface area contributed by atoms with E-state index < -0.39 is 17.0 Å². The molecule has 0 N–H and O–H groups in total. The predicted molar refractivity (Wildman–Crippen MR) is 79.5 cm³/mol. The minimum atomic E-state index is -0.960. The van der Waals surface area contributed by atoms with Gasteiger partial charge in [0, 0.05) is 15.6 Å². The van der Waals surface area contributed by atoms with Gasteiger partial charge < -0.3 is 4.74 Å². The van der Waals surface area contributed by atoms with Crippen molar-refractivity contribution >= 4 is 27.5 Å². The summed E-state index contributed by atoms with van der Waals surface area (Å²) >= 11 is 9.32. The third-order valence-corrected chi connectivity index (χ3v) is 3.87. The summed E-state index contributed by atoms with van der Waals surface area (Å²) < 4.78 is 33.5. The maximum Gasteiger partial charge on any atom is 0.132 e. The number of hydrogen-bond donors (Lipinski definition) is 0. The molecule has 1 atom stereocenters. The number of methoxy groups -OCH3 is 1. The van der Waals surface area contributed by atoms with E-state index >= 15 is 0 Å². The standard InChI is InChI=1S/C15H12BrClF2O/c1-8-3-4-13(20-2)10(5-8)15(17)14-11(18)6-9(16)7-12(14)19/h3-7,15H,1-2H3. The van der Waals surface area contributed by atoms with Gasteiger partial charge in [-0.2, -0.15) is 0 Å². The van der Waals surface area contributed by atoms with E-state index in [0.29, 0.717) is 15.8 Å². The zero-order valence-electron chi connectivity index (χ0n) is 10.9. The summed E-state index contributed by atoms with van der Waals surface area (Å²) in [5, 5.41) is -0.960. The Morgan fingerprint density at radius 3 is 2.30 bits per heavy atom. The highest BCUT2D eigenvalue weighted by atomic mass is 79.9. The van der Waals surface area contributed by atoms with Gasteiger partial charge in [-0.1, -0.05) is 33.6 Å². The minimum absolute atomic E-state index is 0.182. The molecule has 1 nitrogen and oxygen atoms in total. The second-order valence-corrected chi connectivity index (χ2v) is 5.74. The monoisotopic (exact) mass is 360 g/mol. The summed E-state index contributed by atoms with van der Waals surface area (Å²) in [5.74, 6) is -0.891. The Bertz CT molecular complexity index is 623. The summed E-state index contributed by atoms with van der Waals surface area (Å²) in [7, 11) is 1.49. The maximum absolute atomic E-state index is 14.0. The third-order valence-electron chi connectivity index (χ3n) is 2.96. The van der Waals surface area contributed by atoms with E-state index in [0.717, 1.165) is 5.56 Å². The van der Waals surface area contributed by atoms with Crippen molar-refractivity contribution in [2.24, 2.45) is 0 Å². The first-order chi connectivity index (χ1) is 9.43. The van der Waals surface area contributed by atoms with Crippen LogP contribution in [0.4, 0.5) is 8.78 Å². The van der Waals surface area contributed by atoms with Crippen LogP contribution in [-0.2, 0) is 0 Å². The van der Waals surface area contributed by atoms with E-state index in [1.54, 1.807) is 12.1 Å². The Balaban J connectivity index is 2.57. The van der Waals surface area contributed by atoms with Crippen molar-refractivity contribution in [3.8, 4) is 5.75 Å². The van der Waals surface area contributed by atoms with E-state index in [1.165, 1.54) is 19.2 Å². The lowest BCUT2D eigenvalue weighted by molar-refractivity contribution is 0.409. The molecule has 0 aliphatic carbocycles. The van der Waals surface area contributed by atoms with Crippen LogP contribution in [0.1, 0.15) is 22.1 Å². The molecule has 0 bridgehead atoms. The number of hydrogen-bond acceptors (Lipinski definition) is 1. The highest BCUT2D eigenvalue weighted by molar-refractivity contribution is 9.10. The third kappa shape index (κ3) is 2.96. The molecular formula is C15H12BrClF2O. The highest BCUT2D eigenvalue weighted by Crippen LogP contribution is 2.38. The Morgan fingerprint density at radius 1 is 1.15 bits per heavy atom. The molecule has 0 amide bonds. The van der Waals surface area contributed by atoms with Crippen LogP contribution in [0.15, 0.2) is 34.8 Å². The van der Waals surface area contributed by atoms with Crippen molar-refractivity contribution < 1.29 is 13.5 Å². The second-order valence-electron chi connectivity index (χ2n) is 4.39. The number of rotatable bonds is 3. The van der Waals surface area contributed by atoms with E-state index in [1.807, 2.05) is 13.0 Å². The van der Waals surface area contributed by atoms with Crippen LogP contribution in [0.3, 0.4) is 0 Å². The van der Waals surface area contributed by atoms with E-state index in [2.05, 4.69) is 15.9 Å². The number of halogens is 4. The van der Waals surface area contributed by atoms with Crippen LogP contribution in [0.25, 0.3) is 0 Å². The van der Waals surface area contributed by atoms with Gasteiger partial charge in [-0.15, -0.1) is 11.6 Å². The first-order valence-corrected chi connectivity index (χ1v) is 7.10. The van der Waals surface area contributed by atoms with Gasteiger partial charge in [-0.05, 0) is 25.1 Å².